The Bertz CT molecular complexity index is 363. The molecule has 0 saturated heterocycles. The largest absolute Gasteiger partial charge is 0.481 e. The molecule has 1 saturated carbocycles. The minimum absolute atomic E-state index is 0.0161. The highest BCUT2D eigenvalue weighted by atomic mass is 16.4. The predicted molar refractivity (Wildman–Crippen MR) is 78.6 cm³/mol. The molecule has 1 aliphatic carbocycles. The standard InChI is InChI=1S/C15H28N2O3/c1-10(15(2,3)4)17(5)14(20)16-12-8-6-7-11(9-12)13(18)19/h10-12H,6-9H2,1-5H3,(H,16,20)(H,18,19). The predicted octanol–water partition coefficient (Wildman–Crippen LogP) is 2.71. The Kier molecular flexibility index (Phi) is 5.42. The zero-order valence-corrected chi connectivity index (χ0v) is 13.3. The summed E-state index contributed by atoms with van der Waals surface area (Å²) in [5, 5.41) is 12.1. The second-order valence-corrected chi connectivity index (χ2v) is 7.00. The highest BCUT2D eigenvalue weighted by Gasteiger charge is 2.31. The molecule has 3 atom stereocenters. The summed E-state index contributed by atoms with van der Waals surface area (Å²) in [4.78, 5) is 25.0. The van der Waals surface area contributed by atoms with Gasteiger partial charge in [0.15, 0.2) is 0 Å². The van der Waals surface area contributed by atoms with E-state index in [-0.39, 0.29) is 29.4 Å². The first-order chi connectivity index (χ1) is 9.12. The van der Waals surface area contributed by atoms with Crippen LogP contribution in [0.2, 0.25) is 0 Å². The van der Waals surface area contributed by atoms with Crippen molar-refractivity contribution in [3.63, 3.8) is 0 Å². The lowest BCUT2D eigenvalue weighted by Crippen LogP contribution is -2.51. The number of nitrogens with zero attached hydrogens (tertiary/aromatic N) is 1. The fraction of sp³-hybridized carbons (Fsp3) is 0.867. The lowest BCUT2D eigenvalue weighted by Gasteiger charge is -2.37. The van der Waals surface area contributed by atoms with Gasteiger partial charge in [0, 0.05) is 19.1 Å². The van der Waals surface area contributed by atoms with E-state index in [2.05, 4.69) is 26.1 Å². The van der Waals surface area contributed by atoms with E-state index in [1.165, 1.54) is 0 Å². The average molecular weight is 284 g/mol. The minimum Gasteiger partial charge on any atom is -0.481 e. The molecular weight excluding hydrogens is 256 g/mol. The van der Waals surface area contributed by atoms with Crippen LogP contribution in [0.15, 0.2) is 0 Å². The van der Waals surface area contributed by atoms with E-state index in [1.807, 2.05) is 6.92 Å². The fourth-order valence-electron chi connectivity index (χ4n) is 2.58. The van der Waals surface area contributed by atoms with Gasteiger partial charge in [0.1, 0.15) is 0 Å². The molecule has 5 nitrogen and oxygen atoms in total. The molecule has 0 bridgehead atoms. The summed E-state index contributed by atoms with van der Waals surface area (Å²) >= 11 is 0. The van der Waals surface area contributed by atoms with Gasteiger partial charge in [-0.05, 0) is 31.6 Å². The van der Waals surface area contributed by atoms with E-state index >= 15 is 0 Å². The molecule has 0 aromatic rings. The number of aliphatic carboxylic acids is 1. The summed E-state index contributed by atoms with van der Waals surface area (Å²) in [7, 11) is 1.79. The second-order valence-electron chi connectivity index (χ2n) is 7.00. The van der Waals surface area contributed by atoms with E-state index < -0.39 is 5.97 Å². The number of urea groups is 1. The van der Waals surface area contributed by atoms with Gasteiger partial charge in [-0.1, -0.05) is 27.2 Å². The quantitative estimate of drug-likeness (QED) is 0.837. The van der Waals surface area contributed by atoms with E-state index in [9.17, 15) is 9.59 Å². The molecule has 1 fully saturated rings. The third-order valence-corrected chi connectivity index (χ3v) is 4.51. The van der Waals surface area contributed by atoms with Crippen LogP contribution in [0.5, 0.6) is 0 Å². The van der Waals surface area contributed by atoms with Crippen LogP contribution in [0.25, 0.3) is 0 Å². The number of nitrogens with one attached hydrogen (secondary N) is 1. The van der Waals surface area contributed by atoms with E-state index in [1.54, 1.807) is 11.9 Å². The highest BCUT2D eigenvalue weighted by molar-refractivity contribution is 5.75. The van der Waals surface area contributed by atoms with Crippen molar-refractivity contribution in [3.8, 4) is 0 Å². The summed E-state index contributed by atoms with van der Waals surface area (Å²) in [5.41, 5.74) is 0.0161. The van der Waals surface area contributed by atoms with Crippen molar-refractivity contribution in [2.75, 3.05) is 7.05 Å². The van der Waals surface area contributed by atoms with Crippen molar-refractivity contribution >= 4 is 12.0 Å². The van der Waals surface area contributed by atoms with Crippen LogP contribution in [-0.4, -0.2) is 41.1 Å². The SMILES string of the molecule is CC(N(C)C(=O)NC1CCCC(C(=O)O)C1)C(C)(C)C. The lowest BCUT2D eigenvalue weighted by molar-refractivity contribution is -0.143. The number of amides is 2. The molecule has 0 aliphatic heterocycles. The van der Waals surface area contributed by atoms with E-state index in [4.69, 9.17) is 5.11 Å². The van der Waals surface area contributed by atoms with Crippen LogP contribution in [0.1, 0.15) is 53.4 Å². The topological polar surface area (TPSA) is 69.6 Å². The molecule has 5 heteroatoms. The Labute approximate surface area is 121 Å². The van der Waals surface area contributed by atoms with Gasteiger partial charge in [-0.3, -0.25) is 4.79 Å². The summed E-state index contributed by atoms with van der Waals surface area (Å²) in [6, 6.07) is -0.0169. The molecule has 3 unspecified atom stereocenters. The summed E-state index contributed by atoms with van der Waals surface area (Å²) in [6.07, 6.45) is 2.99. The second kappa shape index (κ2) is 6.46. The molecule has 0 aromatic heterocycles. The Morgan fingerprint density at radius 2 is 1.90 bits per heavy atom. The van der Waals surface area contributed by atoms with Crippen molar-refractivity contribution in [2.24, 2.45) is 11.3 Å². The number of carbonyl (C=O) groups excluding carboxylic acids is 1. The van der Waals surface area contributed by atoms with Crippen LogP contribution in [0.4, 0.5) is 4.79 Å². The number of hydrogen-bond donors (Lipinski definition) is 2. The number of carboxylic acid groups (broad SMARTS) is 1. The van der Waals surface area contributed by atoms with Crippen LogP contribution in [-0.2, 0) is 4.79 Å². The molecule has 2 amide bonds. The van der Waals surface area contributed by atoms with E-state index in [0.717, 1.165) is 19.3 Å². The first-order valence-electron chi connectivity index (χ1n) is 7.39. The minimum atomic E-state index is -0.750. The Balaban J connectivity index is 2.55. The fourth-order valence-corrected chi connectivity index (χ4v) is 2.58. The average Bonchev–Trinajstić information content (AvgIpc) is 2.36. The van der Waals surface area contributed by atoms with Gasteiger partial charge < -0.3 is 15.3 Å². The highest BCUT2D eigenvalue weighted by Crippen LogP contribution is 2.26. The maximum atomic E-state index is 12.2. The number of carbonyl (C=O) groups is 2. The number of hydrogen-bond acceptors (Lipinski definition) is 2. The molecule has 0 spiro atoms. The van der Waals surface area contributed by atoms with Crippen molar-refractivity contribution in [1.82, 2.24) is 10.2 Å². The van der Waals surface area contributed by atoms with Gasteiger partial charge in [0.2, 0.25) is 0 Å². The van der Waals surface area contributed by atoms with Gasteiger partial charge in [-0.15, -0.1) is 0 Å². The zero-order valence-electron chi connectivity index (χ0n) is 13.3. The van der Waals surface area contributed by atoms with Gasteiger partial charge in [0.25, 0.3) is 0 Å². The molecule has 0 heterocycles. The third-order valence-electron chi connectivity index (χ3n) is 4.51. The van der Waals surface area contributed by atoms with Crippen molar-refractivity contribution in [2.45, 2.75) is 65.5 Å². The maximum Gasteiger partial charge on any atom is 0.317 e. The van der Waals surface area contributed by atoms with Gasteiger partial charge in [-0.25, -0.2) is 4.79 Å². The van der Waals surface area contributed by atoms with Gasteiger partial charge in [-0.2, -0.15) is 0 Å². The van der Waals surface area contributed by atoms with Crippen LogP contribution >= 0.6 is 0 Å². The Morgan fingerprint density at radius 3 is 2.40 bits per heavy atom. The van der Waals surface area contributed by atoms with Crippen molar-refractivity contribution in [1.29, 1.82) is 0 Å². The maximum absolute atomic E-state index is 12.2. The summed E-state index contributed by atoms with van der Waals surface area (Å²) in [5.74, 6) is -1.07. The molecule has 1 aliphatic rings. The molecule has 0 aromatic carbocycles. The van der Waals surface area contributed by atoms with Crippen molar-refractivity contribution < 1.29 is 14.7 Å². The van der Waals surface area contributed by atoms with E-state index in [0.29, 0.717) is 6.42 Å². The summed E-state index contributed by atoms with van der Waals surface area (Å²) < 4.78 is 0. The molecule has 1 rings (SSSR count). The van der Waals surface area contributed by atoms with Gasteiger partial charge in [0.05, 0.1) is 5.92 Å². The normalized spacial score (nSPS) is 24.9. The summed E-state index contributed by atoms with van der Waals surface area (Å²) in [6.45, 7) is 8.33. The first kappa shape index (κ1) is 16.8. The van der Waals surface area contributed by atoms with Gasteiger partial charge >= 0.3 is 12.0 Å². The van der Waals surface area contributed by atoms with Crippen LogP contribution in [0.3, 0.4) is 0 Å². The third kappa shape index (κ3) is 4.39. The smallest absolute Gasteiger partial charge is 0.317 e. The lowest BCUT2D eigenvalue weighted by atomic mass is 9.85. The van der Waals surface area contributed by atoms with Crippen molar-refractivity contribution in [3.05, 3.63) is 0 Å². The number of carboxylic acids is 1. The molecule has 116 valence electrons. The monoisotopic (exact) mass is 284 g/mol. The first-order valence-corrected chi connectivity index (χ1v) is 7.39. The molecule has 0 radical (unpaired) electrons. The molecular formula is C15H28N2O3. The Morgan fingerprint density at radius 1 is 1.30 bits per heavy atom. The molecule has 2 N–H and O–H groups in total. The van der Waals surface area contributed by atoms with Crippen LogP contribution < -0.4 is 5.32 Å². The molecule has 20 heavy (non-hydrogen) atoms. The number of rotatable bonds is 3. The Hall–Kier alpha value is -1.26. The zero-order chi connectivity index (χ0) is 15.5. The van der Waals surface area contributed by atoms with Crippen LogP contribution in [0, 0.1) is 11.3 Å².